The minimum atomic E-state index is -5.08. The van der Waals surface area contributed by atoms with Crippen molar-refractivity contribution in [3.8, 4) is 11.5 Å². The number of alkyl halides is 6. The molecular weight excluding hydrogens is 506 g/mol. The Morgan fingerprint density at radius 2 is 1.61 bits per heavy atom. The van der Waals surface area contributed by atoms with E-state index in [4.69, 9.17) is 34.0 Å². The smallest absolute Gasteiger partial charge is 0.475 e. The summed E-state index contributed by atoms with van der Waals surface area (Å²) in [5, 5.41) is 14.2. The van der Waals surface area contributed by atoms with Gasteiger partial charge in [0.15, 0.2) is 11.5 Å². The van der Waals surface area contributed by atoms with Crippen LogP contribution in [0.5, 0.6) is 11.5 Å². The Kier molecular flexibility index (Phi) is 9.42. The van der Waals surface area contributed by atoms with E-state index in [2.05, 4.69) is 36.0 Å². The molecule has 204 valence electrons. The van der Waals surface area contributed by atoms with E-state index >= 15 is 0 Å². The molecule has 0 amide bonds. The number of nitrogens with zero attached hydrogens (tertiary/aromatic N) is 2. The van der Waals surface area contributed by atoms with Crippen LogP contribution >= 0.6 is 0 Å². The standard InChI is InChI=1S/C17H24N2O3.2C2HF3O2/c1-18(2)9-17-10-19(7-14(17)8-20-11-17)6-13-3-4-15-16(5-13)22-12-21-15;2*3-2(4,5)1(6)7/h3-5,14H,6-12H2,1-2H3;2*(H,6,7)/t14-,17+;;/m1../s1. The lowest BCUT2D eigenvalue weighted by atomic mass is 9.81. The zero-order valence-electron chi connectivity index (χ0n) is 19.4. The van der Waals surface area contributed by atoms with Crippen molar-refractivity contribution in [2.45, 2.75) is 18.9 Å². The molecule has 4 rings (SSSR count). The van der Waals surface area contributed by atoms with Crippen molar-refractivity contribution in [2.24, 2.45) is 11.3 Å². The highest BCUT2D eigenvalue weighted by Gasteiger charge is 2.50. The first-order chi connectivity index (χ1) is 16.5. The van der Waals surface area contributed by atoms with Gasteiger partial charge in [0.05, 0.1) is 13.2 Å². The third kappa shape index (κ3) is 8.13. The maximum atomic E-state index is 10.6. The van der Waals surface area contributed by atoms with Crippen molar-refractivity contribution in [1.29, 1.82) is 0 Å². The van der Waals surface area contributed by atoms with Crippen molar-refractivity contribution in [3.05, 3.63) is 23.8 Å². The first-order valence-corrected chi connectivity index (χ1v) is 10.5. The van der Waals surface area contributed by atoms with Crippen molar-refractivity contribution in [2.75, 3.05) is 53.7 Å². The molecule has 1 aromatic carbocycles. The zero-order chi connectivity index (χ0) is 27.3. The van der Waals surface area contributed by atoms with Crippen LogP contribution in [0.4, 0.5) is 26.3 Å². The first-order valence-electron chi connectivity index (χ1n) is 10.5. The molecule has 9 nitrogen and oxygen atoms in total. The van der Waals surface area contributed by atoms with Gasteiger partial charge in [0.1, 0.15) is 0 Å². The van der Waals surface area contributed by atoms with E-state index in [1.165, 1.54) is 5.56 Å². The highest BCUT2D eigenvalue weighted by Crippen LogP contribution is 2.42. The van der Waals surface area contributed by atoms with E-state index in [1.807, 2.05) is 6.07 Å². The van der Waals surface area contributed by atoms with Crippen LogP contribution in [0.1, 0.15) is 5.56 Å². The Bertz CT molecular complexity index is 901. The Morgan fingerprint density at radius 3 is 2.14 bits per heavy atom. The third-order valence-corrected chi connectivity index (χ3v) is 5.55. The molecule has 0 spiro atoms. The Balaban J connectivity index is 0.000000271. The van der Waals surface area contributed by atoms with Gasteiger partial charge in [-0.2, -0.15) is 26.3 Å². The van der Waals surface area contributed by atoms with Gasteiger partial charge in [-0.3, -0.25) is 4.90 Å². The number of aliphatic carboxylic acids is 2. The van der Waals surface area contributed by atoms with Crippen LogP contribution in [-0.2, 0) is 20.9 Å². The second kappa shape index (κ2) is 11.5. The van der Waals surface area contributed by atoms with Crippen molar-refractivity contribution in [3.63, 3.8) is 0 Å². The van der Waals surface area contributed by atoms with Crippen LogP contribution in [0.3, 0.4) is 0 Å². The molecule has 1 aromatic rings. The molecule has 2 saturated heterocycles. The number of ether oxygens (including phenoxy) is 3. The SMILES string of the molecule is CN(C)C[C@]12COC[C@H]1CN(Cc1ccc3c(c1)OCO3)C2.O=C(O)C(F)(F)F.O=C(O)C(F)(F)F. The van der Waals surface area contributed by atoms with Crippen LogP contribution in [-0.4, -0.2) is 98.0 Å². The number of likely N-dealkylation sites (tertiary alicyclic amines) is 1. The van der Waals surface area contributed by atoms with Crippen LogP contribution in [0.15, 0.2) is 18.2 Å². The molecule has 3 heterocycles. The second-order valence-electron chi connectivity index (χ2n) is 8.78. The van der Waals surface area contributed by atoms with Gasteiger partial charge in [0, 0.05) is 37.5 Å². The van der Waals surface area contributed by atoms with Crippen LogP contribution in [0, 0.1) is 11.3 Å². The lowest BCUT2D eigenvalue weighted by molar-refractivity contribution is -0.193. The zero-order valence-corrected chi connectivity index (χ0v) is 19.4. The molecule has 0 unspecified atom stereocenters. The Hall–Kier alpha value is -2.78. The van der Waals surface area contributed by atoms with Crippen LogP contribution in [0.2, 0.25) is 0 Å². The highest BCUT2D eigenvalue weighted by atomic mass is 19.4. The van der Waals surface area contributed by atoms with E-state index in [0.717, 1.165) is 50.9 Å². The van der Waals surface area contributed by atoms with E-state index < -0.39 is 24.3 Å². The van der Waals surface area contributed by atoms with Crippen molar-refractivity contribution < 1.29 is 60.4 Å². The summed E-state index contributed by atoms with van der Waals surface area (Å²) in [6, 6.07) is 6.29. The summed E-state index contributed by atoms with van der Waals surface area (Å²) in [5.41, 5.74) is 1.60. The molecule has 2 N–H and O–H groups in total. The van der Waals surface area contributed by atoms with Crippen molar-refractivity contribution in [1.82, 2.24) is 9.80 Å². The van der Waals surface area contributed by atoms with E-state index in [9.17, 15) is 26.3 Å². The number of hydrogen-bond donors (Lipinski definition) is 2. The van der Waals surface area contributed by atoms with Gasteiger partial charge >= 0.3 is 24.3 Å². The fourth-order valence-electron chi connectivity index (χ4n) is 4.21. The maximum absolute atomic E-state index is 10.6. The lowest BCUT2D eigenvalue weighted by Crippen LogP contribution is -2.40. The predicted molar refractivity (Wildman–Crippen MR) is 111 cm³/mol. The first kappa shape index (κ1) is 29.5. The lowest BCUT2D eigenvalue weighted by Gasteiger charge is -2.30. The van der Waals surface area contributed by atoms with Gasteiger partial charge < -0.3 is 29.3 Å². The van der Waals surface area contributed by atoms with Gasteiger partial charge in [-0.25, -0.2) is 9.59 Å². The van der Waals surface area contributed by atoms with Gasteiger partial charge in [0.2, 0.25) is 6.79 Å². The largest absolute Gasteiger partial charge is 0.490 e. The Morgan fingerprint density at radius 1 is 1.06 bits per heavy atom. The number of benzene rings is 1. The molecule has 0 aromatic heterocycles. The molecule has 36 heavy (non-hydrogen) atoms. The topological polar surface area (TPSA) is 109 Å². The quantitative estimate of drug-likeness (QED) is 0.566. The number of rotatable bonds is 4. The maximum Gasteiger partial charge on any atom is 0.490 e. The summed E-state index contributed by atoms with van der Waals surface area (Å²) >= 11 is 0. The highest BCUT2D eigenvalue weighted by molar-refractivity contribution is 5.73. The average molecular weight is 532 g/mol. The average Bonchev–Trinajstić information content (AvgIpc) is 3.40. The number of hydrogen-bond acceptors (Lipinski definition) is 7. The molecule has 2 atom stereocenters. The summed E-state index contributed by atoms with van der Waals surface area (Å²) in [6.07, 6.45) is -10.2. The molecule has 3 aliphatic rings. The van der Waals surface area contributed by atoms with Gasteiger partial charge in [0.25, 0.3) is 0 Å². The van der Waals surface area contributed by atoms with Gasteiger partial charge in [-0.1, -0.05) is 6.07 Å². The molecule has 0 aliphatic carbocycles. The minimum Gasteiger partial charge on any atom is -0.475 e. The van der Waals surface area contributed by atoms with Gasteiger partial charge in [-0.15, -0.1) is 0 Å². The minimum absolute atomic E-state index is 0.305. The van der Waals surface area contributed by atoms with E-state index in [-0.39, 0.29) is 0 Å². The molecule has 0 saturated carbocycles. The summed E-state index contributed by atoms with van der Waals surface area (Å²) in [5.74, 6) is -3.12. The second-order valence-corrected chi connectivity index (χ2v) is 8.78. The molecule has 0 bridgehead atoms. The number of carboxylic acids is 2. The fraction of sp³-hybridized carbons (Fsp3) is 0.619. The predicted octanol–water partition coefficient (Wildman–Crippen LogP) is 2.69. The van der Waals surface area contributed by atoms with Gasteiger partial charge in [-0.05, 0) is 31.8 Å². The number of carbonyl (C=O) groups is 2. The van der Waals surface area contributed by atoms with Crippen LogP contribution in [0.25, 0.3) is 0 Å². The van der Waals surface area contributed by atoms with Crippen molar-refractivity contribution >= 4 is 11.9 Å². The summed E-state index contributed by atoms with van der Waals surface area (Å²) in [6.45, 7) is 6.47. The summed E-state index contributed by atoms with van der Waals surface area (Å²) < 4.78 is 80.1. The molecular formula is C21H26F6N2O7. The van der Waals surface area contributed by atoms with Crippen LogP contribution < -0.4 is 9.47 Å². The van der Waals surface area contributed by atoms with E-state index in [0.29, 0.717) is 18.1 Å². The molecule has 3 aliphatic heterocycles. The Labute approximate surface area is 202 Å². The summed E-state index contributed by atoms with van der Waals surface area (Å²) in [7, 11) is 4.31. The molecule has 0 radical (unpaired) electrons. The fourth-order valence-corrected chi connectivity index (χ4v) is 4.21. The monoisotopic (exact) mass is 532 g/mol. The molecule has 15 heteroatoms. The van der Waals surface area contributed by atoms with E-state index in [1.54, 1.807) is 0 Å². The summed E-state index contributed by atoms with van der Waals surface area (Å²) in [4.78, 5) is 22.7. The molecule has 2 fully saturated rings. The number of carboxylic acid groups (broad SMARTS) is 2. The third-order valence-electron chi connectivity index (χ3n) is 5.55. The number of fused-ring (bicyclic) bond motifs is 2. The normalized spacial score (nSPS) is 22.9. The number of halogens is 6.